The van der Waals surface area contributed by atoms with E-state index >= 15 is 0 Å². The number of hydrogen-bond acceptors (Lipinski definition) is 7. The van der Waals surface area contributed by atoms with Crippen molar-refractivity contribution in [2.45, 2.75) is 37.9 Å². The molecule has 41 heavy (non-hydrogen) atoms. The first-order valence-corrected chi connectivity index (χ1v) is 14.1. The molecule has 218 valence electrons. The third-order valence-corrected chi connectivity index (χ3v) is 7.75. The average Bonchev–Trinajstić information content (AvgIpc) is 3.48. The molecule has 2 aromatic carbocycles. The summed E-state index contributed by atoms with van der Waals surface area (Å²) < 4.78 is 39.2. The number of anilines is 4. The van der Waals surface area contributed by atoms with Gasteiger partial charge in [-0.1, -0.05) is 6.07 Å². The molecule has 5 rings (SSSR count). The van der Waals surface area contributed by atoms with Crippen LogP contribution in [-0.4, -0.2) is 82.9 Å². The van der Waals surface area contributed by atoms with Crippen LogP contribution < -0.4 is 10.6 Å². The fourth-order valence-electron chi connectivity index (χ4n) is 5.41. The van der Waals surface area contributed by atoms with Crippen molar-refractivity contribution in [3.8, 4) is 0 Å². The molecule has 1 aromatic heterocycles. The number of rotatable bonds is 9. The highest BCUT2D eigenvalue weighted by Gasteiger charge is 2.30. The summed E-state index contributed by atoms with van der Waals surface area (Å²) in [6, 6.07) is 14.0. The monoisotopic (exact) mass is 567 g/mol. The molecule has 0 atom stereocenters. The highest BCUT2D eigenvalue weighted by Crippen LogP contribution is 2.31. The Hall–Kier alpha value is -3.70. The number of piperidine rings is 1. The minimum absolute atomic E-state index is 0.0498. The molecular weight excluding hydrogens is 531 g/mol. The lowest BCUT2D eigenvalue weighted by Crippen LogP contribution is -2.49. The predicted octanol–water partition coefficient (Wildman–Crippen LogP) is 5.61. The number of carbonyl (C=O) groups excluding carboxylic acids is 1. The second kappa shape index (κ2) is 12.9. The van der Waals surface area contributed by atoms with Crippen LogP contribution >= 0.6 is 0 Å². The van der Waals surface area contributed by atoms with Crippen LogP contribution in [0.4, 0.5) is 36.3 Å². The molecule has 11 heteroatoms. The summed E-state index contributed by atoms with van der Waals surface area (Å²) in [6.45, 7) is 5.82. The van der Waals surface area contributed by atoms with Crippen LogP contribution in [-0.2, 0) is 6.18 Å². The lowest BCUT2D eigenvalue weighted by molar-refractivity contribution is -0.137. The number of nitrogens with one attached hydrogen (secondary N) is 2. The van der Waals surface area contributed by atoms with E-state index in [0.29, 0.717) is 17.1 Å². The molecule has 2 aliphatic heterocycles. The van der Waals surface area contributed by atoms with Crippen LogP contribution in [0.25, 0.3) is 0 Å². The van der Waals surface area contributed by atoms with Gasteiger partial charge in [0.1, 0.15) is 5.82 Å². The molecular formula is C30H36F3N7O. The van der Waals surface area contributed by atoms with Crippen LogP contribution in [0.15, 0.2) is 60.8 Å². The van der Waals surface area contributed by atoms with E-state index in [0.717, 1.165) is 64.2 Å². The zero-order valence-electron chi connectivity index (χ0n) is 23.2. The Morgan fingerprint density at radius 1 is 0.976 bits per heavy atom. The van der Waals surface area contributed by atoms with Crippen LogP contribution in [0.2, 0.25) is 0 Å². The molecule has 0 aliphatic carbocycles. The molecule has 8 nitrogen and oxygen atoms in total. The predicted molar refractivity (Wildman–Crippen MR) is 154 cm³/mol. The van der Waals surface area contributed by atoms with Crippen molar-refractivity contribution < 1.29 is 18.0 Å². The summed E-state index contributed by atoms with van der Waals surface area (Å²) in [6.07, 6.45) is 1.49. The van der Waals surface area contributed by atoms with E-state index in [1.54, 1.807) is 12.1 Å². The molecule has 2 N–H and O–H groups in total. The topological polar surface area (TPSA) is 76.6 Å². The van der Waals surface area contributed by atoms with Gasteiger partial charge in [-0.25, -0.2) is 4.98 Å². The molecule has 0 bridgehead atoms. The SMILES string of the molecule is CN1CCC(N(CCN2CCCC2)C(=O)c2ccc(Nc3nccc(Nc4cccc(C(F)(F)F)c4)n3)cc2)CC1. The Kier molecular flexibility index (Phi) is 9.04. The highest BCUT2D eigenvalue weighted by molar-refractivity contribution is 5.95. The lowest BCUT2D eigenvalue weighted by atomic mass is 10.0. The van der Waals surface area contributed by atoms with Gasteiger partial charge >= 0.3 is 6.18 Å². The largest absolute Gasteiger partial charge is 0.416 e. The van der Waals surface area contributed by atoms with Gasteiger partial charge in [0.2, 0.25) is 5.95 Å². The Morgan fingerprint density at radius 2 is 1.71 bits per heavy atom. The number of alkyl halides is 3. The molecule has 0 saturated carbocycles. The maximum atomic E-state index is 13.7. The highest BCUT2D eigenvalue weighted by atomic mass is 19.4. The Labute approximate surface area is 238 Å². The van der Waals surface area contributed by atoms with Crippen molar-refractivity contribution in [3.05, 3.63) is 71.9 Å². The molecule has 0 unspecified atom stereocenters. The number of halogens is 3. The fourth-order valence-corrected chi connectivity index (χ4v) is 5.41. The van der Waals surface area contributed by atoms with Crippen molar-refractivity contribution in [2.24, 2.45) is 0 Å². The molecule has 2 fully saturated rings. The van der Waals surface area contributed by atoms with Crippen LogP contribution in [0.5, 0.6) is 0 Å². The normalized spacial score (nSPS) is 17.0. The van der Waals surface area contributed by atoms with E-state index in [1.807, 2.05) is 24.3 Å². The molecule has 2 saturated heterocycles. The van der Waals surface area contributed by atoms with Crippen molar-refractivity contribution in [3.63, 3.8) is 0 Å². The Bertz CT molecular complexity index is 1300. The van der Waals surface area contributed by atoms with Crippen molar-refractivity contribution in [1.29, 1.82) is 0 Å². The quantitative estimate of drug-likeness (QED) is 0.348. The van der Waals surface area contributed by atoms with Gasteiger partial charge in [0, 0.05) is 42.3 Å². The zero-order valence-corrected chi connectivity index (χ0v) is 23.2. The Morgan fingerprint density at radius 3 is 2.41 bits per heavy atom. The van der Waals surface area contributed by atoms with Gasteiger partial charge in [0.25, 0.3) is 5.91 Å². The molecule has 0 radical (unpaired) electrons. The van der Waals surface area contributed by atoms with E-state index in [9.17, 15) is 18.0 Å². The van der Waals surface area contributed by atoms with E-state index in [-0.39, 0.29) is 23.6 Å². The van der Waals surface area contributed by atoms with Crippen LogP contribution in [0.1, 0.15) is 41.6 Å². The second-order valence-corrected chi connectivity index (χ2v) is 10.8. The van der Waals surface area contributed by atoms with Gasteiger partial charge in [-0.15, -0.1) is 0 Å². The van der Waals surface area contributed by atoms with Gasteiger partial charge in [-0.2, -0.15) is 18.2 Å². The van der Waals surface area contributed by atoms with Crippen LogP contribution in [0, 0.1) is 0 Å². The van der Waals surface area contributed by atoms with E-state index in [4.69, 9.17) is 0 Å². The molecule has 3 heterocycles. The van der Waals surface area contributed by atoms with Crippen molar-refractivity contribution in [1.82, 2.24) is 24.7 Å². The number of likely N-dealkylation sites (tertiary alicyclic amines) is 2. The first-order chi connectivity index (χ1) is 19.7. The lowest BCUT2D eigenvalue weighted by Gasteiger charge is -2.38. The number of benzene rings is 2. The maximum Gasteiger partial charge on any atom is 0.416 e. The molecule has 1 amide bonds. The number of nitrogens with zero attached hydrogens (tertiary/aromatic N) is 5. The average molecular weight is 568 g/mol. The van der Waals surface area contributed by atoms with Gasteiger partial charge in [0.05, 0.1) is 5.56 Å². The standard InChI is InChI=1S/C30H36F3N7O/c1-38-17-12-26(13-18-38)40(20-19-39-15-2-3-16-39)28(41)22-7-9-24(10-8-22)36-29-34-14-11-27(37-29)35-25-6-4-5-23(21-25)30(31,32)33/h4-11,14,21,26H,2-3,12-13,15-20H2,1H3,(H2,34,35,36,37). The molecule has 3 aromatic rings. The molecule has 0 spiro atoms. The summed E-state index contributed by atoms with van der Waals surface area (Å²) in [7, 11) is 2.12. The summed E-state index contributed by atoms with van der Waals surface area (Å²) in [5.74, 6) is 0.675. The number of amides is 1. The zero-order chi connectivity index (χ0) is 28.8. The van der Waals surface area contributed by atoms with E-state index < -0.39 is 11.7 Å². The summed E-state index contributed by atoms with van der Waals surface area (Å²) >= 11 is 0. The maximum absolute atomic E-state index is 13.7. The minimum Gasteiger partial charge on any atom is -0.340 e. The van der Waals surface area contributed by atoms with Gasteiger partial charge in [0.15, 0.2) is 0 Å². The summed E-state index contributed by atoms with van der Waals surface area (Å²) in [5, 5.41) is 6.01. The third kappa shape index (κ3) is 7.74. The van der Waals surface area contributed by atoms with E-state index in [2.05, 4.69) is 42.3 Å². The first-order valence-electron chi connectivity index (χ1n) is 14.1. The van der Waals surface area contributed by atoms with Crippen molar-refractivity contribution >= 4 is 29.0 Å². The minimum atomic E-state index is -4.43. The summed E-state index contributed by atoms with van der Waals surface area (Å²) in [5.41, 5.74) is 0.860. The van der Waals surface area contributed by atoms with E-state index in [1.165, 1.54) is 25.1 Å². The van der Waals surface area contributed by atoms with Crippen molar-refractivity contribution in [2.75, 3.05) is 56.9 Å². The fraction of sp³-hybridized carbons (Fsp3) is 0.433. The summed E-state index contributed by atoms with van der Waals surface area (Å²) in [4.78, 5) is 29.1. The number of carbonyl (C=O) groups is 1. The third-order valence-electron chi connectivity index (χ3n) is 7.75. The first kappa shape index (κ1) is 28.8. The molecule has 2 aliphatic rings. The smallest absolute Gasteiger partial charge is 0.340 e. The number of aromatic nitrogens is 2. The Balaban J connectivity index is 1.24. The second-order valence-electron chi connectivity index (χ2n) is 10.8. The van der Waals surface area contributed by atoms with Crippen LogP contribution in [0.3, 0.4) is 0 Å². The van der Waals surface area contributed by atoms with Gasteiger partial charge in [-0.3, -0.25) is 4.79 Å². The van der Waals surface area contributed by atoms with Gasteiger partial charge < -0.3 is 25.3 Å². The van der Waals surface area contributed by atoms with Gasteiger partial charge in [-0.05, 0) is 107 Å². The number of hydrogen-bond donors (Lipinski definition) is 2.